The Kier molecular flexibility index (Phi) is 3.18. The van der Waals surface area contributed by atoms with Crippen LogP contribution in [0.15, 0.2) is 17.4 Å². The summed E-state index contributed by atoms with van der Waals surface area (Å²) in [5.41, 5.74) is 0.425. The van der Waals surface area contributed by atoms with Gasteiger partial charge in [0, 0.05) is 0 Å². The Hall–Kier alpha value is -2.53. The number of nitrogens with two attached hydrogens (primary N) is 1. The molecule has 0 spiro atoms. The van der Waals surface area contributed by atoms with Crippen LogP contribution < -0.4 is 5.73 Å². The highest BCUT2D eigenvalue weighted by atomic mass is 19.4. The molecule has 21 heavy (non-hydrogen) atoms. The lowest BCUT2D eigenvalue weighted by Crippen LogP contribution is -2.19. The number of amidine groups is 1. The minimum absolute atomic E-state index is 0.141. The minimum atomic E-state index is -5.10. The van der Waals surface area contributed by atoms with E-state index in [2.05, 4.69) is 15.2 Å². The average molecular weight is 313 g/mol. The first-order chi connectivity index (χ1) is 9.55. The number of rotatable bonds is 1. The summed E-state index contributed by atoms with van der Waals surface area (Å²) in [4.78, 5) is 3.05. The third kappa shape index (κ3) is 2.55. The molecule has 0 aromatic carbocycles. The van der Waals surface area contributed by atoms with Crippen LogP contribution in [0.1, 0.15) is 17.0 Å². The molecule has 2 aromatic rings. The predicted molar refractivity (Wildman–Crippen MR) is 55.5 cm³/mol. The molecule has 0 aliphatic carbocycles. The largest absolute Gasteiger partial charge is 0.433 e. The minimum Gasteiger partial charge on any atom is -0.409 e. The maximum atomic E-state index is 12.8. The topological polar surface area (TPSA) is 88.8 Å². The lowest BCUT2D eigenvalue weighted by Gasteiger charge is -2.12. The van der Waals surface area contributed by atoms with Gasteiger partial charge in [0.15, 0.2) is 17.2 Å². The van der Waals surface area contributed by atoms with E-state index in [9.17, 15) is 26.3 Å². The molecule has 6 nitrogen and oxygen atoms in total. The molecule has 0 radical (unpaired) electrons. The van der Waals surface area contributed by atoms with E-state index in [0.717, 1.165) is 0 Å². The molecule has 0 bridgehead atoms. The molecule has 0 atom stereocenters. The van der Waals surface area contributed by atoms with Crippen molar-refractivity contribution < 1.29 is 31.5 Å². The van der Waals surface area contributed by atoms with Crippen molar-refractivity contribution in [2.45, 2.75) is 12.4 Å². The molecule has 0 unspecified atom stereocenters. The number of hydrogen-bond acceptors (Lipinski definition) is 4. The highest BCUT2D eigenvalue weighted by molar-refractivity contribution is 6.02. The first-order valence-electron chi connectivity index (χ1n) is 5.06. The zero-order valence-corrected chi connectivity index (χ0v) is 9.74. The summed E-state index contributed by atoms with van der Waals surface area (Å²) in [7, 11) is 0. The van der Waals surface area contributed by atoms with Crippen molar-refractivity contribution in [2.75, 3.05) is 0 Å². The van der Waals surface area contributed by atoms with Crippen molar-refractivity contribution in [3.63, 3.8) is 0 Å². The SMILES string of the molecule is N/C(=N\O)c1cnn2c(C(F)(F)F)cc(C(F)(F)F)nc12. The van der Waals surface area contributed by atoms with E-state index in [0.29, 0.717) is 6.20 Å². The maximum Gasteiger partial charge on any atom is 0.433 e. The van der Waals surface area contributed by atoms with Crippen LogP contribution in [0.4, 0.5) is 26.3 Å². The average Bonchev–Trinajstić information content (AvgIpc) is 2.78. The second-order valence-corrected chi connectivity index (χ2v) is 3.80. The Morgan fingerprint density at radius 1 is 1.19 bits per heavy atom. The molecular weight excluding hydrogens is 308 g/mol. The molecule has 2 rings (SSSR count). The lowest BCUT2D eigenvalue weighted by atomic mass is 10.2. The highest BCUT2D eigenvalue weighted by Gasteiger charge is 2.40. The van der Waals surface area contributed by atoms with E-state index in [1.807, 2.05) is 0 Å². The zero-order valence-electron chi connectivity index (χ0n) is 9.74. The van der Waals surface area contributed by atoms with Gasteiger partial charge in [-0.3, -0.25) is 0 Å². The van der Waals surface area contributed by atoms with Crippen LogP contribution in [-0.4, -0.2) is 25.6 Å². The van der Waals surface area contributed by atoms with Crippen molar-refractivity contribution in [3.8, 4) is 0 Å². The number of aromatic nitrogens is 3. The summed E-state index contributed by atoms with van der Waals surface area (Å²) in [6.07, 6.45) is -9.49. The molecule has 0 fully saturated rings. The van der Waals surface area contributed by atoms with E-state index >= 15 is 0 Å². The molecule has 0 aliphatic heterocycles. The van der Waals surface area contributed by atoms with Gasteiger partial charge >= 0.3 is 12.4 Å². The molecule has 0 saturated carbocycles. The fourth-order valence-corrected chi connectivity index (χ4v) is 1.54. The van der Waals surface area contributed by atoms with Crippen molar-refractivity contribution in [2.24, 2.45) is 10.9 Å². The first-order valence-corrected chi connectivity index (χ1v) is 5.06. The maximum absolute atomic E-state index is 12.8. The van der Waals surface area contributed by atoms with Crippen molar-refractivity contribution in [1.29, 1.82) is 0 Å². The van der Waals surface area contributed by atoms with Gasteiger partial charge in [0.25, 0.3) is 0 Å². The number of oxime groups is 1. The van der Waals surface area contributed by atoms with Crippen molar-refractivity contribution in [3.05, 3.63) is 29.2 Å². The Balaban J connectivity index is 2.88. The Bertz CT molecular complexity index is 716. The van der Waals surface area contributed by atoms with Gasteiger partial charge in [0.2, 0.25) is 0 Å². The van der Waals surface area contributed by atoms with Gasteiger partial charge in [0.05, 0.1) is 11.8 Å². The number of halogens is 6. The van der Waals surface area contributed by atoms with Crippen LogP contribution in [0.5, 0.6) is 0 Å². The smallest absolute Gasteiger partial charge is 0.409 e. The van der Waals surface area contributed by atoms with Crippen LogP contribution in [0, 0.1) is 0 Å². The lowest BCUT2D eigenvalue weighted by molar-refractivity contribution is -0.148. The zero-order chi connectivity index (χ0) is 16.0. The second-order valence-electron chi connectivity index (χ2n) is 3.80. The summed E-state index contributed by atoms with van der Waals surface area (Å²) in [6.45, 7) is 0. The first kappa shape index (κ1) is 14.9. The second kappa shape index (κ2) is 4.49. The fourth-order valence-electron chi connectivity index (χ4n) is 1.54. The molecule has 2 aromatic heterocycles. The van der Waals surface area contributed by atoms with Crippen LogP contribution in [0.25, 0.3) is 5.65 Å². The molecule has 2 heterocycles. The third-order valence-corrected chi connectivity index (χ3v) is 2.44. The van der Waals surface area contributed by atoms with E-state index in [-0.39, 0.29) is 10.6 Å². The van der Waals surface area contributed by atoms with Gasteiger partial charge in [-0.05, 0) is 6.07 Å². The molecule has 0 saturated heterocycles. The van der Waals surface area contributed by atoms with E-state index < -0.39 is 40.8 Å². The summed E-state index contributed by atoms with van der Waals surface area (Å²) in [5.74, 6) is -0.718. The van der Waals surface area contributed by atoms with Gasteiger partial charge in [0.1, 0.15) is 5.69 Å². The van der Waals surface area contributed by atoms with Gasteiger partial charge in [-0.2, -0.15) is 31.4 Å². The monoisotopic (exact) mass is 313 g/mol. The molecule has 114 valence electrons. The molecule has 0 amide bonds. The van der Waals surface area contributed by atoms with Gasteiger partial charge < -0.3 is 10.9 Å². The quantitative estimate of drug-likeness (QED) is 0.276. The molecule has 3 N–H and O–H groups in total. The van der Waals surface area contributed by atoms with Gasteiger partial charge in [-0.1, -0.05) is 5.16 Å². The standard InChI is InChI=1S/C9H5F6N5O/c10-8(11,12)4-1-5(9(13,14)15)20-7(18-4)3(2-17-20)6(16)19-21/h1-2,21H,(H2,16,19). The Morgan fingerprint density at radius 3 is 2.29 bits per heavy atom. The molecule has 12 heteroatoms. The summed E-state index contributed by atoms with van der Waals surface area (Å²) >= 11 is 0. The van der Waals surface area contributed by atoms with Crippen LogP contribution in [-0.2, 0) is 12.4 Å². The number of hydrogen-bond donors (Lipinski definition) is 2. The number of nitrogens with zero attached hydrogens (tertiary/aromatic N) is 4. The summed E-state index contributed by atoms with van der Waals surface area (Å²) in [6, 6.07) is -0.171. The molecule has 0 aliphatic rings. The summed E-state index contributed by atoms with van der Waals surface area (Å²) < 4.78 is 76.5. The van der Waals surface area contributed by atoms with Crippen LogP contribution in [0.2, 0.25) is 0 Å². The van der Waals surface area contributed by atoms with Crippen LogP contribution >= 0.6 is 0 Å². The number of alkyl halides is 6. The fraction of sp³-hybridized carbons (Fsp3) is 0.222. The van der Waals surface area contributed by atoms with Gasteiger partial charge in [-0.15, -0.1) is 0 Å². The summed E-state index contributed by atoms with van der Waals surface area (Å²) in [5, 5.41) is 14.3. The third-order valence-electron chi connectivity index (χ3n) is 2.44. The van der Waals surface area contributed by atoms with E-state index in [1.165, 1.54) is 0 Å². The van der Waals surface area contributed by atoms with Crippen molar-refractivity contribution in [1.82, 2.24) is 14.6 Å². The Morgan fingerprint density at radius 2 is 1.81 bits per heavy atom. The Labute approximate surface area is 111 Å². The van der Waals surface area contributed by atoms with E-state index in [1.54, 1.807) is 0 Å². The highest BCUT2D eigenvalue weighted by Crippen LogP contribution is 2.35. The van der Waals surface area contributed by atoms with Crippen LogP contribution in [0.3, 0.4) is 0 Å². The number of fused-ring (bicyclic) bond motifs is 1. The van der Waals surface area contributed by atoms with Crippen molar-refractivity contribution >= 4 is 11.5 Å². The molecular formula is C9H5F6N5O. The normalized spacial score (nSPS) is 13.9. The van der Waals surface area contributed by atoms with Gasteiger partial charge in [-0.25, -0.2) is 9.50 Å². The predicted octanol–water partition coefficient (Wildman–Crippen LogP) is 1.86. The van der Waals surface area contributed by atoms with E-state index in [4.69, 9.17) is 10.9 Å².